The Hall–Kier alpha value is -2.64. The number of carbonyl (C=O) groups excluding carboxylic acids is 3. The molecule has 1 aromatic rings. The van der Waals surface area contributed by atoms with E-state index < -0.39 is 0 Å². The van der Waals surface area contributed by atoms with Gasteiger partial charge >= 0.3 is 0 Å². The third-order valence-corrected chi connectivity index (χ3v) is 5.76. The summed E-state index contributed by atoms with van der Waals surface area (Å²) in [4.78, 5) is 47.1. The Kier molecular flexibility index (Phi) is 7.43. The minimum atomic E-state index is -0.122. The largest absolute Gasteiger partial charge is 0.356 e. The first-order valence-electron chi connectivity index (χ1n) is 10.5. The van der Waals surface area contributed by atoms with Crippen LogP contribution in [0.5, 0.6) is 0 Å². The molecule has 8 nitrogen and oxygen atoms in total. The van der Waals surface area contributed by atoms with Gasteiger partial charge in [-0.05, 0) is 31.4 Å². The molecule has 3 rings (SSSR count). The zero-order valence-electron chi connectivity index (χ0n) is 17.2. The zero-order chi connectivity index (χ0) is 20.6. The molecule has 2 aliphatic rings. The lowest BCUT2D eigenvalue weighted by Crippen LogP contribution is -2.51. The Balaban J connectivity index is 1.57. The Bertz CT molecular complexity index is 704. The Labute approximate surface area is 172 Å². The number of aromatic nitrogens is 1. The van der Waals surface area contributed by atoms with Gasteiger partial charge in [0.1, 0.15) is 5.82 Å². The van der Waals surface area contributed by atoms with Crippen LogP contribution in [0.25, 0.3) is 0 Å². The van der Waals surface area contributed by atoms with Crippen LogP contribution in [0.4, 0.5) is 5.82 Å². The summed E-state index contributed by atoms with van der Waals surface area (Å²) in [6.07, 6.45) is 4.25. The van der Waals surface area contributed by atoms with Gasteiger partial charge in [-0.15, -0.1) is 0 Å². The zero-order valence-corrected chi connectivity index (χ0v) is 17.2. The number of pyridine rings is 1. The molecule has 1 N–H and O–H groups in total. The summed E-state index contributed by atoms with van der Waals surface area (Å²) in [7, 11) is 0. The molecular formula is C21H31N5O3. The molecule has 1 atom stereocenters. The van der Waals surface area contributed by atoms with Crippen LogP contribution < -0.4 is 10.2 Å². The number of hydrogen-bond donors (Lipinski definition) is 1. The van der Waals surface area contributed by atoms with E-state index in [4.69, 9.17) is 0 Å². The van der Waals surface area contributed by atoms with Gasteiger partial charge in [-0.1, -0.05) is 6.07 Å². The van der Waals surface area contributed by atoms with Crippen molar-refractivity contribution in [2.45, 2.75) is 32.6 Å². The topological polar surface area (TPSA) is 85.8 Å². The molecular weight excluding hydrogens is 370 g/mol. The number of nitrogens with one attached hydrogen (secondary N) is 1. The second-order valence-electron chi connectivity index (χ2n) is 7.73. The normalized spacial score (nSPS) is 21.9. The molecule has 1 aromatic heterocycles. The van der Waals surface area contributed by atoms with Gasteiger partial charge in [0, 0.05) is 71.3 Å². The highest BCUT2D eigenvalue weighted by Crippen LogP contribution is 2.19. The number of amides is 3. The molecule has 0 radical (unpaired) electrons. The van der Waals surface area contributed by atoms with E-state index in [1.54, 1.807) is 11.1 Å². The fourth-order valence-electron chi connectivity index (χ4n) is 4.01. The van der Waals surface area contributed by atoms with Crippen LogP contribution in [0, 0.1) is 5.92 Å². The maximum absolute atomic E-state index is 13.1. The van der Waals surface area contributed by atoms with E-state index in [-0.39, 0.29) is 23.6 Å². The molecule has 1 unspecified atom stereocenters. The average Bonchev–Trinajstić information content (AvgIpc) is 2.78. The SMILES string of the molecule is CC(=O)N1CCCC(C(=O)N2CCN(c3ccccn3)CC2)CCNC(=O)CC1. The number of hydrogen-bond acceptors (Lipinski definition) is 5. The van der Waals surface area contributed by atoms with Gasteiger partial charge in [0.2, 0.25) is 17.7 Å². The van der Waals surface area contributed by atoms with Crippen LogP contribution >= 0.6 is 0 Å². The minimum Gasteiger partial charge on any atom is -0.356 e. The number of nitrogens with zero attached hydrogens (tertiary/aromatic N) is 4. The van der Waals surface area contributed by atoms with Gasteiger partial charge in [0.25, 0.3) is 0 Å². The molecule has 2 fully saturated rings. The molecule has 8 heteroatoms. The first-order valence-corrected chi connectivity index (χ1v) is 10.5. The number of anilines is 1. The van der Waals surface area contributed by atoms with Crippen molar-refractivity contribution in [3.8, 4) is 0 Å². The van der Waals surface area contributed by atoms with Gasteiger partial charge in [-0.25, -0.2) is 4.98 Å². The van der Waals surface area contributed by atoms with Crippen molar-refractivity contribution in [2.75, 3.05) is 50.7 Å². The van der Waals surface area contributed by atoms with Gasteiger partial charge in [-0.3, -0.25) is 14.4 Å². The van der Waals surface area contributed by atoms with Crippen molar-refractivity contribution in [1.82, 2.24) is 20.1 Å². The van der Waals surface area contributed by atoms with Gasteiger partial charge in [0.15, 0.2) is 0 Å². The smallest absolute Gasteiger partial charge is 0.225 e. The fourth-order valence-corrected chi connectivity index (χ4v) is 4.01. The second-order valence-corrected chi connectivity index (χ2v) is 7.73. The van der Waals surface area contributed by atoms with E-state index >= 15 is 0 Å². The van der Waals surface area contributed by atoms with E-state index in [1.165, 1.54) is 6.92 Å². The summed E-state index contributed by atoms with van der Waals surface area (Å²) in [6.45, 7) is 5.96. The highest BCUT2D eigenvalue weighted by molar-refractivity contribution is 5.80. The van der Waals surface area contributed by atoms with Gasteiger partial charge < -0.3 is 20.0 Å². The van der Waals surface area contributed by atoms with Crippen LogP contribution in [0.15, 0.2) is 24.4 Å². The first kappa shape index (κ1) is 21.1. The van der Waals surface area contributed by atoms with Crippen LogP contribution in [-0.2, 0) is 14.4 Å². The van der Waals surface area contributed by atoms with Crippen molar-refractivity contribution in [3.63, 3.8) is 0 Å². The van der Waals surface area contributed by atoms with Crippen molar-refractivity contribution in [3.05, 3.63) is 24.4 Å². The van der Waals surface area contributed by atoms with Crippen LogP contribution in [-0.4, -0.2) is 78.3 Å². The molecule has 2 saturated heterocycles. The van der Waals surface area contributed by atoms with Crippen molar-refractivity contribution in [2.24, 2.45) is 5.92 Å². The standard InChI is InChI=1S/C21H31N5O3/c1-17(27)24-11-4-5-18(7-10-23-20(28)8-12-24)21(29)26-15-13-25(14-16-26)19-6-2-3-9-22-19/h2-3,6,9,18H,4-5,7-8,10-16H2,1H3,(H,23,28). The van der Waals surface area contributed by atoms with E-state index in [1.807, 2.05) is 23.1 Å². The van der Waals surface area contributed by atoms with Crippen molar-refractivity contribution in [1.29, 1.82) is 0 Å². The third kappa shape index (κ3) is 5.92. The summed E-state index contributed by atoms with van der Waals surface area (Å²) < 4.78 is 0. The third-order valence-electron chi connectivity index (χ3n) is 5.76. The summed E-state index contributed by atoms with van der Waals surface area (Å²) >= 11 is 0. The first-order chi connectivity index (χ1) is 14.0. The molecule has 2 aliphatic heterocycles. The monoisotopic (exact) mass is 401 g/mol. The number of carbonyl (C=O) groups is 3. The molecule has 3 heterocycles. The molecule has 0 aliphatic carbocycles. The second kappa shape index (κ2) is 10.2. The lowest BCUT2D eigenvalue weighted by molar-refractivity contribution is -0.136. The molecule has 29 heavy (non-hydrogen) atoms. The molecule has 0 aromatic carbocycles. The van der Waals surface area contributed by atoms with Crippen molar-refractivity contribution < 1.29 is 14.4 Å². The summed E-state index contributed by atoms with van der Waals surface area (Å²) in [5.74, 6) is 0.901. The Morgan fingerprint density at radius 3 is 2.52 bits per heavy atom. The Morgan fingerprint density at radius 1 is 1.03 bits per heavy atom. The highest BCUT2D eigenvalue weighted by atomic mass is 16.2. The quantitative estimate of drug-likeness (QED) is 0.795. The fraction of sp³-hybridized carbons (Fsp3) is 0.619. The van der Waals surface area contributed by atoms with E-state index in [0.29, 0.717) is 45.6 Å². The lowest BCUT2D eigenvalue weighted by Gasteiger charge is -2.37. The summed E-state index contributed by atoms with van der Waals surface area (Å²) in [5, 5.41) is 2.89. The molecule has 0 spiro atoms. The van der Waals surface area contributed by atoms with Crippen LogP contribution in [0.2, 0.25) is 0 Å². The summed E-state index contributed by atoms with van der Waals surface area (Å²) in [5.41, 5.74) is 0. The average molecular weight is 402 g/mol. The van der Waals surface area contributed by atoms with Crippen LogP contribution in [0.3, 0.4) is 0 Å². The maximum Gasteiger partial charge on any atom is 0.225 e. The van der Waals surface area contributed by atoms with Crippen LogP contribution in [0.1, 0.15) is 32.6 Å². The predicted octanol–water partition coefficient (Wildman–Crippen LogP) is 0.885. The predicted molar refractivity (Wildman–Crippen MR) is 110 cm³/mol. The van der Waals surface area contributed by atoms with Gasteiger partial charge in [0.05, 0.1) is 0 Å². The van der Waals surface area contributed by atoms with Gasteiger partial charge in [-0.2, -0.15) is 0 Å². The molecule has 0 saturated carbocycles. The molecule has 158 valence electrons. The molecule has 0 bridgehead atoms. The van der Waals surface area contributed by atoms with E-state index in [2.05, 4.69) is 15.2 Å². The Morgan fingerprint density at radius 2 is 1.83 bits per heavy atom. The lowest BCUT2D eigenvalue weighted by atomic mass is 9.97. The number of rotatable bonds is 2. The van der Waals surface area contributed by atoms with Crippen molar-refractivity contribution >= 4 is 23.5 Å². The highest BCUT2D eigenvalue weighted by Gasteiger charge is 2.28. The minimum absolute atomic E-state index is 0.0226. The summed E-state index contributed by atoms with van der Waals surface area (Å²) in [6, 6.07) is 5.86. The van der Waals surface area contributed by atoms with E-state index in [9.17, 15) is 14.4 Å². The maximum atomic E-state index is 13.1. The van der Waals surface area contributed by atoms with E-state index in [0.717, 1.165) is 31.7 Å². The number of piperazine rings is 1. The molecule has 3 amide bonds.